The topological polar surface area (TPSA) is 29.5 Å². The average Bonchev–Trinajstić information content (AvgIpc) is 2.41. The van der Waals surface area contributed by atoms with Crippen molar-refractivity contribution in [3.8, 4) is 5.75 Å². The minimum atomic E-state index is -1.45. The zero-order valence-electron chi connectivity index (χ0n) is 10.0. The zero-order valence-corrected chi connectivity index (χ0v) is 10.8. The summed E-state index contributed by atoms with van der Waals surface area (Å²) < 4.78 is 32.5. The van der Waals surface area contributed by atoms with Gasteiger partial charge in [0.15, 0.2) is 11.6 Å². The monoisotopic (exact) mass is 284 g/mol. The van der Waals surface area contributed by atoms with E-state index >= 15 is 0 Å². The molecule has 0 bridgehead atoms. The molecule has 19 heavy (non-hydrogen) atoms. The summed E-state index contributed by atoms with van der Waals surface area (Å²) in [6, 6.07) is 8.04. The van der Waals surface area contributed by atoms with E-state index < -0.39 is 17.7 Å². The lowest BCUT2D eigenvalue weighted by Gasteiger charge is -2.15. The largest absolute Gasteiger partial charge is 0.494 e. The van der Waals surface area contributed by atoms with Crippen LogP contribution in [-0.2, 0) is 0 Å². The Morgan fingerprint density at radius 3 is 2.58 bits per heavy atom. The maximum Gasteiger partial charge on any atom is 0.171 e. The Balaban J connectivity index is 2.50. The zero-order chi connectivity index (χ0) is 14.0. The number of rotatable bonds is 3. The smallest absolute Gasteiger partial charge is 0.171 e. The molecule has 0 radical (unpaired) electrons. The Morgan fingerprint density at radius 1 is 1.16 bits per heavy atom. The van der Waals surface area contributed by atoms with Crippen molar-refractivity contribution in [1.29, 1.82) is 0 Å². The second kappa shape index (κ2) is 5.55. The highest BCUT2D eigenvalue weighted by molar-refractivity contribution is 6.30. The quantitative estimate of drug-likeness (QED) is 0.931. The van der Waals surface area contributed by atoms with Gasteiger partial charge in [0, 0.05) is 16.1 Å². The molecule has 1 N–H and O–H groups in total. The molecule has 5 heteroatoms. The molecule has 2 rings (SSSR count). The SMILES string of the molecule is COc1cccc(C(O)c2cc(Cl)ccc2F)c1F. The fourth-order valence-electron chi connectivity index (χ4n) is 1.79. The van der Waals surface area contributed by atoms with Crippen molar-refractivity contribution in [2.75, 3.05) is 7.11 Å². The Hall–Kier alpha value is -1.65. The summed E-state index contributed by atoms with van der Waals surface area (Å²) in [5, 5.41) is 10.4. The molecule has 1 atom stereocenters. The molecule has 1 unspecified atom stereocenters. The highest BCUT2D eigenvalue weighted by Crippen LogP contribution is 2.31. The number of halogens is 3. The lowest BCUT2D eigenvalue weighted by atomic mass is 10.0. The summed E-state index contributed by atoms with van der Waals surface area (Å²) in [6.07, 6.45) is -1.45. The van der Waals surface area contributed by atoms with Gasteiger partial charge in [0.05, 0.1) is 7.11 Å². The van der Waals surface area contributed by atoms with E-state index in [4.69, 9.17) is 16.3 Å². The first-order chi connectivity index (χ1) is 9.04. The summed E-state index contributed by atoms with van der Waals surface area (Å²) in [7, 11) is 1.31. The molecule has 0 spiro atoms. The number of benzene rings is 2. The normalized spacial score (nSPS) is 12.3. The van der Waals surface area contributed by atoms with E-state index in [2.05, 4.69) is 0 Å². The molecule has 0 aliphatic rings. The van der Waals surface area contributed by atoms with E-state index in [0.29, 0.717) is 0 Å². The van der Waals surface area contributed by atoms with Gasteiger partial charge in [-0.15, -0.1) is 0 Å². The maximum absolute atomic E-state index is 14.0. The molecule has 2 nitrogen and oxygen atoms in total. The van der Waals surface area contributed by atoms with Gasteiger partial charge in [-0.25, -0.2) is 8.78 Å². The summed E-state index contributed by atoms with van der Waals surface area (Å²) >= 11 is 5.75. The number of hydrogen-bond donors (Lipinski definition) is 1. The Morgan fingerprint density at radius 2 is 1.89 bits per heavy atom. The Kier molecular flexibility index (Phi) is 4.02. The van der Waals surface area contributed by atoms with E-state index in [1.165, 1.54) is 37.4 Å². The molecular formula is C14H11ClF2O2. The second-order valence-electron chi connectivity index (χ2n) is 3.93. The fraction of sp³-hybridized carbons (Fsp3) is 0.143. The van der Waals surface area contributed by atoms with E-state index in [1.807, 2.05) is 0 Å². The van der Waals surface area contributed by atoms with Crippen LogP contribution in [-0.4, -0.2) is 12.2 Å². The van der Waals surface area contributed by atoms with Crippen molar-refractivity contribution in [3.05, 3.63) is 64.2 Å². The molecular weight excluding hydrogens is 274 g/mol. The highest BCUT2D eigenvalue weighted by atomic mass is 35.5. The number of methoxy groups -OCH3 is 1. The Bertz CT molecular complexity index is 602. The summed E-state index contributed by atoms with van der Waals surface area (Å²) in [4.78, 5) is 0. The summed E-state index contributed by atoms with van der Waals surface area (Å²) in [5.41, 5.74) is -0.153. The predicted octanol–water partition coefficient (Wildman–Crippen LogP) is 3.71. The summed E-state index contributed by atoms with van der Waals surface area (Å²) in [6.45, 7) is 0. The Labute approximate surface area is 114 Å². The first kappa shape index (κ1) is 13.8. The van der Waals surface area contributed by atoms with Crippen LogP contribution in [0.2, 0.25) is 5.02 Å². The average molecular weight is 285 g/mol. The van der Waals surface area contributed by atoms with Gasteiger partial charge in [-0.1, -0.05) is 23.7 Å². The lowest BCUT2D eigenvalue weighted by Crippen LogP contribution is -2.06. The third-order valence-corrected chi connectivity index (χ3v) is 3.00. The first-order valence-electron chi connectivity index (χ1n) is 5.50. The van der Waals surface area contributed by atoms with Crippen molar-refractivity contribution in [1.82, 2.24) is 0 Å². The van der Waals surface area contributed by atoms with Crippen molar-refractivity contribution in [3.63, 3.8) is 0 Å². The molecule has 0 aliphatic heterocycles. The number of aliphatic hydroxyl groups is 1. The van der Waals surface area contributed by atoms with Gasteiger partial charge in [-0.3, -0.25) is 0 Å². The van der Waals surface area contributed by atoms with Crippen molar-refractivity contribution >= 4 is 11.6 Å². The van der Waals surface area contributed by atoms with E-state index in [1.54, 1.807) is 0 Å². The summed E-state index contributed by atoms with van der Waals surface area (Å²) in [5.74, 6) is -1.39. The number of aliphatic hydroxyl groups excluding tert-OH is 1. The molecule has 0 aliphatic carbocycles. The van der Waals surface area contributed by atoms with Crippen LogP contribution in [0.25, 0.3) is 0 Å². The van der Waals surface area contributed by atoms with Gasteiger partial charge in [0.1, 0.15) is 11.9 Å². The van der Waals surface area contributed by atoms with E-state index in [-0.39, 0.29) is 21.9 Å². The van der Waals surface area contributed by atoms with Gasteiger partial charge in [0.2, 0.25) is 0 Å². The minimum Gasteiger partial charge on any atom is -0.494 e. The molecule has 2 aromatic rings. The molecule has 0 aromatic heterocycles. The van der Waals surface area contributed by atoms with Crippen LogP contribution in [0.3, 0.4) is 0 Å². The molecule has 0 fully saturated rings. The van der Waals surface area contributed by atoms with Crippen LogP contribution in [0.4, 0.5) is 8.78 Å². The number of ether oxygens (including phenoxy) is 1. The van der Waals surface area contributed by atoms with Crippen LogP contribution < -0.4 is 4.74 Å². The standard InChI is InChI=1S/C14H11ClF2O2/c1-19-12-4-2-3-9(13(12)17)14(18)10-7-8(15)5-6-11(10)16/h2-7,14,18H,1H3. The van der Waals surface area contributed by atoms with Crippen molar-refractivity contribution < 1.29 is 18.6 Å². The van der Waals surface area contributed by atoms with Crippen molar-refractivity contribution in [2.45, 2.75) is 6.10 Å². The third kappa shape index (κ3) is 2.69. The molecule has 0 saturated heterocycles. The lowest BCUT2D eigenvalue weighted by molar-refractivity contribution is 0.208. The molecule has 100 valence electrons. The van der Waals surface area contributed by atoms with Gasteiger partial charge in [0.25, 0.3) is 0 Å². The second-order valence-corrected chi connectivity index (χ2v) is 4.37. The van der Waals surface area contributed by atoms with Gasteiger partial charge >= 0.3 is 0 Å². The van der Waals surface area contributed by atoms with Crippen molar-refractivity contribution in [2.24, 2.45) is 0 Å². The molecule has 2 aromatic carbocycles. The minimum absolute atomic E-state index is 0.0148. The van der Waals surface area contributed by atoms with Gasteiger partial charge in [-0.05, 0) is 24.3 Å². The van der Waals surface area contributed by atoms with Crippen LogP contribution in [0, 0.1) is 11.6 Å². The third-order valence-electron chi connectivity index (χ3n) is 2.76. The first-order valence-corrected chi connectivity index (χ1v) is 5.87. The van der Waals surface area contributed by atoms with Crippen LogP contribution in [0.1, 0.15) is 17.2 Å². The van der Waals surface area contributed by atoms with Gasteiger partial charge < -0.3 is 9.84 Å². The van der Waals surface area contributed by atoms with Crippen LogP contribution in [0.5, 0.6) is 5.75 Å². The van der Waals surface area contributed by atoms with Crippen LogP contribution in [0.15, 0.2) is 36.4 Å². The fourth-order valence-corrected chi connectivity index (χ4v) is 1.97. The molecule has 0 amide bonds. The van der Waals surface area contributed by atoms with E-state index in [0.717, 1.165) is 6.07 Å². The van der Waals surface area contributed by atoms with Gasteiger partial charge in [-0.2, -0.15) is 0 Å². The predicted molar refractivity (Wildman–Crippen MR) is 68.4 cm³/mol. The molecule has 0 heterocycles. The highest BCUT2D eigenvalue weighted by Gasteiger charge is 2.20. The number of hydrogen-bond acceptors (Lipinski definition) is 2. The maximum atomic E-state index is 14.0. The van der Waals surface area contributed by atoms with E-state index in [9.17, 15) is 13.9 Å². The van der Waals surface area contributed by atoms with Crippen LogP contribution >= 0.6 is 11.6 Å². The molecule has 0 saturated carbocycles.